The summed E-state index contributed by atoms with van der Waals surface area (Å²) in [6.07, 6.45) is 1.72. The summed E-state index contributed by atoms with van der Waals surface area (Å²) in [5.41, 5.74) is 3.31. The Bertz CT molecular complexity index is 1240. The van der Waals surface area contributed by atoms with E-state index in [0.717, 1.165) is 35.9 Å². The summed E-state index contributed by atoms with van der Waals surface area (Å²) in [5.74, 6) is 1.53. The molecule has 0 radical (unpaired) electrons. The summed E-state index contributed by atoms with van der Waals surface area (Å²) in [6, 6.07) is 15.4. The molecule has 0 unspecified atom stereocenters. The first-order valence-electron chi connectivity index (χ1n) is 12.5. The van der Waals surface area contributed by atoms with Crippen LogP contribution < -0.4 is 10.2 Å². The zero-order valence-electron chi connectivity index (χ0n) is 21.9. The van der Waals surface area contributed by atoms with E-state index in [1.54, 1.807) is 24.9 Å². The molecule has 9 heteroatoms. The third-order valence-electron chi connectivity index (χ3n) is 6.22. The predicted molar refractivity (Wildman–Crippen MR) is 147 cm³/mol. The normalized spacial score (nSPS) is 13.9. The number of nitrogens with one attached hydrogen (secondary N) is 1. The molecule has 1 saturated heterocycles. The molecule has 37 heavy (non-hydrogen) atoms. The van der Waals surface area contributed by atoms with E-state index in [1.165, 1.54) is 0 Å². The van der Waals surface area contributed by atoms with Gasteiger partial charge >= 0.3 is 0 Å². The molecule has 0 spiro atoms. The van der Waals surface area contributed by atoms with E-state index in [2.05, 4.69) is 42.0 Å². The van der Waals surface area contributed by atoms with Crippen molar-refractivity contribution in [3.05, 3.63) is 77.2 Å². The van der Waals surface area contributed by atoms with Gasteiger partial charge in [-0.05, 0) is 29.8 Å². The van der Waals surface area contributed by atoms with Crippen LogP contribution in [0.15, 0.2) is 59.9 Å². The first-order chi connectivity index (χ1) is 17.7. The lowest BCUT2D eigenvalue weighted by Crippen LogP contribution is -2.48. The topological polar surface area (TPSA) is 91.3 Å². The minimum absolute atomic E-state index is 0.113. The van der Waals surface area contributed by atoms with Crippen LogP contribution in [0.4, 0.5) is 5.82 Å². The van der Waals surface area contributed by atoms with Crippen molar-refractivity contribution in [2.75, 3.05) is 31.1 Å². The lowest BCUT2D eigenvalue weighted by atomic mass is 9.92. The highest BCUT2D eigenvalue weighted by molar-refractivity contribution is 7.98. The number of rotatable bonds is 7. The molecule has 0 atom stereocenters. The van der Waals surface area contributed by atoms with E-state index < -0.39 is 0 Å². The summed E-state index contributed by atoms with van der Waals surface area (Å²) in [4.78, 5) is 42.5. The van der Waals surface area contributed by atoms with Gasteiger partial charge in [-0.3, -0.25) is 14.6 Å². The average molecular weight is 519 g/mol. The maximum Gasteiger partial charge on any atom is 0.251 e. The van der Waals surface area contributed by atoms with Gasteiger partial charge in [-0.2, -0.15) is 0 Å². The van der Waals surface area contributed by atoms with Crippen LogP contribution in [-0.4, -0.2) is 57.8 Å². The number of hydrogen-bond acceptors (Lipinski definition) is 7. The third kappa shape index (κ3) is 7.29. The van der Waals surface area contributed by atoms with Gasteiger partial charge in [0, 0.05) is 62.1 Å². The summed E-state index contributed by atoms with van der Waals surface area (Å²) < 4.78 is 0. The number of hydrogen-bond donors (Lipinski definition) is 1. The summed E-state index contributed by atoms with van der Waals surface area (Å²) in [7, 11) is 0. The number of carbonyl (C=O) groups is 2. The van der Waals surface area contributed by atoms with Crippen molar-refractivity contribution in [1.29, 1.82) is 0 Å². The van der Waals surface area contributed by atoms with Crippen LogP contribution in [0.5, 0.6) is 0 Å². The van der Waals surface area contributed by atoms with Gasteiger partial charge in [0.25, 0.3) is 5.91 Å². The van der Waals surface area contributed by atoms with Crippen molar-refractivity contribution < 1.29 is 9.59 Å². The number of aromatic nitrogens is 3. The Kier molecular flexibility index (Phi) is 8.43. The number of anilines is 1. The lowest BCUT2D eigenvalue weighted by molar-refractivity contribution is -0.129. The van der Waals surface area contributed by atoms with Gasteiger partial charge in [0.05, 0.1) is 17.9 Å². The minimum Gasteiger partial charge on any atom is -0.353 e. The van der Waals surface area contributed by atoms with Crippen molar-refractivity contribution >= 4 is 29.4 Å². The van der Waals surface area contributed by atoms with Crippen molar-refractivity contribution in [2.24, 2.45) is 0 Å². The third-order valence-corrected chi connectivity index (χ3v) is 7.14. The summed E-state index contributed by atoms with van der Waals surface area (Å²) >= 11 is 1.56. The van der Waals surface area contributed by atoms with E-state index in [1.807, 2.05) is 47.4 Å². The molecule has 2 aromatic heterocycles. The molecule has 1 fully saturated rings. The largest absolute Gasteiger partial charge is 0.353 e. The van der Waals surface area contributed by atoms with Gasteiger partial charge in [0.2, 0.25) is 5.91 Å². The van der Waals surface area contributed by atoms with Gasteiger partial charge in [0.15, 0.2) is 5.16 Å². The molecule has 1 N–H and O–H groups in total. The zero-order chi connectivity index (χ0) is 26.4. The molecule has 194 valence electrons. The first-order valence-corrected chi connectivity index (χ1v) is 13.5. The maximum atomic E-state index is 12.7. The van der Waals surface area contributed by atoms with Crippen molar-refractivity contribution in [1.82, 2.24) is 25.2 Å². The number of benzene rings is 1. The van der Waals surface area contributed by atoms with E-state index >= 15 is 0 Å². The Morgan fingerprint density at radius 3 is 2.46 bits per heavy atom. The fourth-order valence-electron chi connectivity index (χ4n) is 4.00. The second kappa shape index (κ2) is 11.7. The highest BCUT2D eigenvalue weighted by Gasteiger charge is 2.24. The van der Waals surface area contributed by atoms with Crippen LogP contribution in [0.3, 0.4) is 0 Å². The molecule has 4 rings (SSSR count). The van der Waals surface area contributed by atoms with Crippen LogP contribution in [-0.2, 0) is 22.5 Å². The Morgan fingerprint density at radius 2 is 1.78 bits per heavy atom. The fourth-order valence-corrected chi connectivity index (χ4v) is 4.80. The number of nitrogens with zero attached hydrogens (tertiary/aromatic N) is 5. The van der Waals surface area contributed by atoms with Gasteiger partial charge in [0.1, 0.15) is 5.82 Å². The Morgan fingerprint density at radius 1 is 1.00 bits per heavy atom. The van der Waals surface area contributed by atoms with Crippen LogP contribution in [0.2, 0.25) is 0 Å². The van der Waals surface area contributed by atoms with E-state index in [4.69, 9.17) is 9.97 Å². The van der Waals surface area contributed by atoms with Crippen LogP contribution in [0.1, 0.15) is 55.0 Å². The Labute approximate surface area is 222 Å². The minimum atomic E-state index is -0.129. The molecule has 0 saturated carbocycles. The van der Waals surface area contributed by atoms with Crippen LogP contribution >= 0.6 is 11.8 Å². The molecule has 1 aliphatic heterocycles. The molecule has 1 aliphatic rings. The molecular weight excluding hydrogens is 484 g/mol. The second-order valence-electron chi connectivity index (χ2n) is 10.1. The highest BCUT2D eigenvalue weighted by atomic mass is 32.2. The van der Waals surface area contributed by atoms with Gasteiger partial charge in [-0.15, -0.1) is 0 Å². The molecule has 3 heterocycles. The monoisotopic (exact) mass is 518 g/mol. The van der Waals surface area contributed by atoms with Crippen molar-refractivity contribution in [3.8, 4) is 0 Å². The van der Waals surface area contributed by atoms with Crippen LogP contribution in [0.25, 0.3) is 0 Å². The molecule has 3 aromatic rings. The lowest BCUT2D eigenvalue weighted by Gasteiger charge is -2.35. The number of amides is 2. The Hall–Kier alpha value is -3.46. The maximum absolute atomic E-state index is 12.7. The Balaban J connectivity index is 1.44. The SMILES string of the molecule is CC(=O)N1CCN(c2cc(C(C)(C)C)nc(SCc3cccc(C(=O)NCc4ccccn4)c3)n2)CC1. The summed E-state index contributed by atoms with van der Waals surface area (Å²) in [6.45, 7) is 11.3. The molecular formula is C28H34N6O2S. The quantitative estimate of drug-likeness (QED) is 0.373. The predicted octanol–water partition coefficient (Wildman–Crippen LogP) is 4.06. The van der Waals surface area contributed by atoms with Crippen molar-refractivity contribution in [3.63, 3.8) is 0 Å². The van der Waals surface area contributed by atoms with E-state index in [0.29, 0.717) is 36.1 Å². The standard InChI is InChI=1S/C28H34N6O2S/c1-20(35)33-12-14-34(15-13-33)25-17-24(28(2,3)4)31-27(32-25)37-19-21-8-7-9-22(16-21)26(36)30-18-23-10-5-6-11-29-23/h5-11,16-17H,12-15,18-19H2,1-4H3,(H,30,36). The van der Waals surface area contributed by atoms with E-state index in [-0.39, 0.29) is 17.2 Å². The van der Waals surface area contributed by atoms with Gasteiger partial charge < -0.3 is 15.1 Å². The van der Waals surface area contributed by atoms with Gasteiger partial charge in [-0.25, -0.2) is 9.97 Å². The van der Waals surface area contributed by atoms with Crippen molar-refractivity contribution in [2.45, 2.75) is 50.6 Å². The second-order valence-corrected chi connectivity index (χ2v) is 11.1. The fraction of sp³-hybridized carbons (Fsp3) is 0.393. The van der Waals surface area contributed by atoms with Gasteiger partial charge in [-0.1, -0.05) is 50.7 Å². The van der Waals surface area contributed by atoms with E-state index in [9.17, 15) is 9.59 Å². The molecule has 8 nitrogen and oxygen atoms in total. The first kappa shape index (κ1) is 26.6. The molecule has 1 aromatic carbocycles. The highest BCUT2D eigenvalue weighted by Crippen LogP contribution is 2.29. The smallest absolute Gasteiger partial charge is 0.251 e. The zero-order valence-corrected chi connectivity index (χ0v) is 22.7. The number of carbonyl (C=O) groups excluding carboxylic acids is 2. The number of piperazine rings is 1. The molecule has 0 aliphatic carbocycles. The van der Waals surface area contributed by atoms with Crippen LogP contribution in [0, 0.1) is 0 Å². The number of thioether (sulfide) groups is 1. The molecule has 2 amide bonds. The summed E-state index contributed by atoms with van der Waals surface area (Å²) in [5, 5.41) is 3.64. The molecule has 0 bridgehead atoms. The number of pyridine rings is 1. The average Bonchev–Trinajstić information content (AvgIpc) is 2.90.